The fraction of sp³-hybridized carbons (Fsp3) is 0.235. The Morgan fingerprint density at radius 3 is 2.33 bits per heavy atom. The Balaban J connectivity index is 2.31. The Labute approximate surface area is 131 Å². The van der Waals surface area contributed by atoms with E-state index in [1.807, 2.05) is 0 Å². The van der Waals surface area contributed by atoms with E-state index in [9.17, 15) is 4.39 Å². The summed E-state index contributed by atoms with van der Waals surface area (Å²) in [5.74, 6) is 0.494. The van der Waals surface area contributed by atoms with Crippen molar-refractivity contribution in [2.24, 2.45) is 0 Å². The zero-order valence-electron chi connectivity index (χ0n) is 12.4. The molecule has 21 heavy (non-hydrogen) atoms. The maximum absolute atomic E-state index is 13.2. The first-order chi connectivity index (χ1) is 9.90. The van der Waals surface area contributed by atoms with E-state index in [-0.39, 0.29) is 5.82 Å². The third kappa shape index (κ3) is 2.18. The lowest BCUT2D eigenvalue weighted by Crippen LogP contribution is -1.92. The maximum atomic E-state index is 13.2. The van der Waals surface area contributed by atoms with Gasteiger partial charge in [-0.2, -0.15) is 0 Å². The van der Waals surface area contributed by atoms with E-state index in [1.54, 1.807) is 6.07 Å². The summed E-state index contributed by atoms with van der Waals surface area (Å²) in [6.07, 6.45) is 0. The minimum atomic E-state index is -0.263. The van der Waals surface area contributed by atoms with Gasteiger partial charge >= 0.3 is 0 Å². The van der Waals surface area contributed by atoms with Crippen molar-refractivity contribution in [2.45, 2.75) is 27.7 Å². The van der Waals surface area contributed by atoms with Crippen LogP contribution in [0.2, 0.25) is 0 Å². The number of benzene rings is 2. The molecule has 3 rings (SSSR count). The minimum Gasteiger partial charge on any atom is -0.338 e. The highest BCUT2D eigenvalue weighted by molar-refractivity contribution is 9.10. The predicted molar refractivity (Wildman–Crippen MR) is 88.1 cm³/mol. The molecule has 0 aliphatic carbocycles. The normalized spacial score (nSPS) is 11.3. The Morgan fingerprint density at radius 2 is 1.67 bits per heavy atom. The molecule has 0 atom stereocenters. The van der Waals surface area contributed by atoms with Crippen molar-refractivity contribution in [3.8, 4) is 11.4 Å². The number of aromatic amines is 1. The number of H-pyrrole nitrogens is 1. The van der Waals surface area contributed by atoms with Crippen LogP contribution < -0.4 is 0 Å². The van der Waals surface area contributed by atoms with Gasteiger partial charge in [0.25, 0.3) is 0 Å². The van der Waals surface area contributed by atoms with Gasteiger partial charge in [-0.25, -0.2) is 9.37 Å². The van der Waals surface area contributed by atoms with E-state index in [2.05, 4.69) is 48.6 Å². The molecule has 1 N–H and O–H groups in total. The summed E-state index contributed by atoms with van der Waals surface area (Å²) in [4.78, 5) is 8.11. The monoisotopic (exact) mass is 346 g/mol. The van der Waals surface area contributed by atoms with Crippen molar-refractivity contribution in [3.63, 3.8) is 0 Å². The molecule has 0 saturated carbocycles. The first-order valence-corrected chi connectivity index (χ1v) is 7.61. The number of imidazole rings is 1. The van der Waals surface area contributed by atoms with Crippen LogP contribution in [0.1, 0.15) is 22.3 Å². The number of nitrogens with zero attached hydrogens (tertiary/aromatic N) is 1. The molecule has 0 spiro atoms. The van der Waals surface area contributed by atoms with E-state index in [1.165, 1.54) is 34.4 Å². The van der Waals surface area contributed by atoms with Crippen LogP contribution in [0, 0.1) is 33.5 Å². The molecule has 2 nitrogen and oxygen atoms in total. The average molecular weight is 347 g/mol. The van der Waals surface area contributed by atoms with E-state index in [0.717, 1.165) is 22.4 Å². The summed E-state index contributed by atoms with van der Waals surface area (Å²) in [5.41, 5.74) is 7.87. The van der Waals surface area contributed by atoms with Crippen LogP contribution in [0.25, 0.3) is 22.4 Å². The maximum Gasteiger partial charge on any atom is 0.139 e. The summed E-state index contributed by atoms with van der Waals surface area (Å²) in [5, 5.41) is 0. The molecule has 0 saturated heterocycles. The first kappa shape index (κ1) is 14.3. The van der Waals surface area contributed by atoms with Crippen LogP contribution in [0.3, 0.4) is 0 Å². The molecular formula is C17H16BrFN2. The van der Waals surface area contributed by atoms with Crippen molar-refractivity contribution in [2.75, 3.05) is 0 Å². The number of rotatable bonds is 1. The van der Waals surface area contributed by atoms with Gasteiger partial charge in [-0.3, -0.25) is 0 Å². The molecule has 2 aromatic carbocycles. The quantitative estimate of drug-likeness (QED) is 0.630. The SMILES string of the molecule is Cc1c(C)c(C)c2[nH]c(-c3ccc(F)cc3Br)nc2c1C. The molecule has 1 aromatic heterocycles. The summed E-state index contributed by atoms with van der Waals surface area (Å²) < 4.78 is 13.9. The summed E-state index contributed by atoms with van der Waals surface area (Å²) in [6.45, 7) is 8.45. The number of fused-ring (bicyclic) bond motifs is 1. The Morgan fingerprint density at radius 1 is 1.00 bits per heavy atom. The molecule has 1 heterocycles. The molecule has 4 heteroatoms. The highest BCUT2D eigenvalue weighted by Gasteiger charge is 2.15. The molecule has 0 aliphatic heterocycles. The highest BCUT2D eigenvalue weighted by atomic mass is 79.9. The third-order valence-electron chi connectivity index (χ3n) is 4.31. The van der Waals surface area contributed by atoms with Crippen LogP contribution in [-0.2, 0) is 0 Å². The molecule has 0 radical (unpaired) electrons. The standard InChI is InChI=1S/C17H16BrFN2/c1-8-9(2)11(4)16-15(10(8)3)20-17(21-16)13-6-5-12(19)7-14(13)18/h5-7H,1-4H3,(H,20,21). The zero-order chi connectivity index (χ0) is 15.3. The van der Waals surface area contributed by atoms with E-state index in [0.29, 0.717) is 4.47 Å². The molecule has 0 fully saturated rings. The lowest BCUT2D eigenvalue weighted by molar-refractivity contribution is 0.627. The topological polar surface area (TPSA) is 28.7 Å². The number of hydrogen-bond donors (Lipinski definition) is 1. The molecule has 108 valence electrons. The van der Waals surface area contributed by atoms with E-state index >= 15 is 0 Å². The molecule has 3 aromatic rings. The van der Waals surface area contributed by atoms with Gasteiger partial charge in [0.2, 0.25) is 0 Å². The van der Waals surface area contributed by atoms with Gasteiger partial charge in [0, 0.05) is 10.0 Å². The van der Waals surface area contributed by atoms with Gasteiger partial charge in [0.15, 0.2) is 0 Å². The van der Waals surface area contributed by atoms with Gasteiger partial charge in [-0.05, 0) is 84.1 Å². The van der Waals surface area contributed by atoms with Crippen molar-refractivity contribution < 1.29 is 4.39 Å². The summed E-state index contributed by atoms with van der Waals surface area (Å²) in [6, 6.07) is 4.64. The minimum absolute atomic E-state index is 0.263. The van der Waals surface area contributed by atoms with Crippen LogP contribution in [0.15, 0.2) is 22.7 Å². The number of aromatic nitrogens is 2. The van der Waals surface area contributed by atoms with Crippen molar-refractivity contribution >= 4 is 27.0 Å². The second kappa shape index (κ2) is 4.95. The molecule has 0 bridgehead atoms. The number of aryl methyl sites for hydroxylation is 2. The lowest BCUT2D eigenvalue weighted by atomic mass is 9.98. The smallest absolute Gasteiger partial charge is 0.139 e. The second-order valence-corrected chi connectivity index (χ2v) is 6.29. The first-order valence-electron chi connectivity index (χ1n) is 6.81. The Kier molecular flexibility index (Phi) is 3.36. The predicted octanol–water partition coefficient (Wildman–Crippen LogP) is 5.37. The van der Waals surface area contributed by atoms with Crippen LogP contribution in [0.5, 0.6) is 0 Å². The van der Waals surface area contributed by atoms with E-state index in [4.69, 9.17) is 4.98 Å². The number of nitrogens with one attached hydrogen (secondary N) is 1. The fourth-order valence-corrected chi connectivity index (χ4v) is 3.19. The van der Waals surface area contributed by atoms with Crippen molar-refractivity contribution in [1.82, 2.24) is 9.97 Å². The number of halogens is 2. The van der Waals surface area contributed by atoms with Gasteiger partial charge < -0.3 is 4.98 Å². The molecule has 0 amide bonds. The van der Waals surface area contributed by atoms with Crippen molar-refractivity contribution in [1.29, 1.82) is 0 Å². The molecule has 0 aliphatic rings. The van der Waals surface area contributed by atoms with Crippen molar-refractivity contribution in [3.05, 3.63) is 50.7 Å². The Bertz CT molecular complexity index is 820. The van der Waals surface area contributed by atoms with Crippen LogP contribution >= 0.6 is 15.9 Å². The van der Waals surface area contributed by atoms with E-state index < -0.39 is 0 Å². The lowest BCUT2D eigenvalue weighted by Gasteiger charge is -2.09. The van der Waals surface area contributed by atoms with Gasteiger partial charge in [0.1, 0.15) is 11.6 Å². The van der Waals surface area contributed by atoms with Gasteiger partial charge in [-0.1, -0.05) is 0 Å². The second-order valence-electron chi connectivity index (χ2n) is 5.43. The van der Waals surface area contributed by atoms with Crippen LogP contribution in [-0.4, -0.2) is 9.97 Å². The third-order valence-corrected chi connectivity index (χ3v) is 4.96. The fourth-order valence-electron chi connectivity index (χ4n) is 2.65. The average Bonchev–Trinajstić information content (AvgIpc) is 2.88. The number of hydrogen-bond acceptors (Lipinski definition) is 1. The highest BCUT2D eigenvalue weighted by Crippen LogP contribution is 2.32. The Hall–Kier alpha value is -1.68. The zero-order valence-corrected chi connectivity index (χ0v) is 14.0. The molecular weight excluding hydrogens is 331 g/mol. The summed E-state index contributed by atoms with van der Waals surface area (Å²) in [7, 11) is 0. The van der Waals surface area contributed by atoms with Gasteiger partial charge in [-0.15, -0.1) is 0 Å². The largest absolute Gasteiger partial charge is 0.338 e. The molecule has 0 unspecified atom stereocenters. The van der Waals surface area contributed by atoms with Crippen LogP contribution in [0.4, 0.5) is 4.39 Å². The van der Waals surface area contributed by atoms with Gasteiger partial charge in [0.05, 0.1) is 11.0 Å². The summed E-state index contributed by atoms with van der Waals surface area (Å²) >= 11 is 3.41.